The zero-order chi connectivity index (χ0) is 22.6. The Hall–Kier alpha value is -3.26. The number of nitrogens with zero attached hydrogens (tertiary/aromatic N) is 6. The lowest BCUT2D eigenvalue weighted by Crippen LogP contribution is -2.28. The fourth-order valence-electron chi connectivity index (χ4n) is 4.36. The third kappa shape index (κ3) is 5.06. The van der Waals surface area contributed by atoms with E-state index in [1.165, 1.54) is 12.8 Å². The van der Waals surface area contributed by atoms with Gasteiger partial charge in [-0.05, 0) is 50.0 Å². The number of nitrogens with one attached hydrogen (secondary N) is 1. The molecule has 2 fully saturated rings. The highest BCUT2D eigenvalue weighted by atomic mass is 16.5. The van der Waals surface area contributed by atoms with E-state index >= 15 is 0 Å². The van der Waals surface area contributed by atoms with Crippen molar-refractivity contribution in [2.24, 2.45) is 0 Å². The first kappa shape index (κ1) is 21.6. The number of benzene rings is 1. The summed E-state index contributed by atoms with van der Waals surface area (Å²) in [4.78, 5) is 23.6. The molecule has 0 bridgehead atoms. The zero-order valence-corrected chi connectivity index (χ0v) is 19.4. The van der Waals surface area contributed by atoms with Crippen LogP contribution in [0.5, 0.6) is 0 Å². The van der Waals surface area contributed by atoms with Crippen LogP contribution in [-0.4, -0.2) is 66.4 Å². The molecular formula is C25H31N7O. The third-order valence-corrected chi connectivity index (χ3v) is 6.13. The van der Waals surface area contributed by atoms with Crippen LogP contribution in [0.15, 0.2) is 30.3 Å². The molecule has 8 heteroatoms. The lowest BCUT2D eigenvalue weighted by molar-refractivity contribution is 0.0904. The van der Waals surface area contributed by atoms with Crippen molar-refractivity contribution in [1.29, 1.82) is 0 Å². The molecule has 4 heterocycles. The van der Waals surface area contributed by atoms with Crippen molar-refractivity contribution >= 4 is 40.6 Å². The quantitative estimate of drug-likeness (QED) is 0.613. The maximum absolute atomic E-state index is 5.51. The van der Waals surface area contributed by atoms with E-state index in [1.807, 2.05) is 55.4 Å². The fourth-order valence-corrected chi connectivity index (χ4v) is 4.36. The molecule has 2 aliphatic heterocycles. The molecule has 5 rings (SSSR count). The molecule has 3 aromatic rings. The van der Waals surface area contributed by atoms with Crippen LogP contribution in [0.25, 0.3) is 23.2 Å². The van der Waals surface area contributed by atoms with Crippen LogP contribution in [-0.2, 0) is 4.74 Å². The predicted molar refractivity (Wildman–Crippen MR) is 134 cm³/mol. The first-order valence-electron chi connectivity index (χ1n) is 11.8. The normalized spacial score (nSPS) is 17.2. The zero-order valence-electron chi connectivity index (χ0n) is 19.4. The van der Waals surface area contributed by atoms with Gasteiger partial charge in [-0.2, -0.15) is 0 Å². The molecule has 0 atom stereocenters. The number of anilines is 3. The number of fused-ring (bicyclic) bond motifs is 1. The molecule has 2 aromatic heterocycles. The summed E-state index contributed by atoms with van der Waals surface area (Å²) in [6, 6.07) is 10.4. The van der Waals surface area contributed by atoms with Gasteiger partial charge in [0.2, 0.25) is 0 Å². The Morgan fingerprint density at radius 1 is 0.970 bits per heavy atom. The molecule has 0 aliphatic carbocycles. The van der Waals surface area contributed by atoms with Crippen molar-refractivity contribution in [3.05, 3.63) is 41.9 Å². The van der Waals surface area contributed by atoms with Gasteiger partial charge in [-0.25, -0.2) is 19.9 Å². The average molecular weight is 446 g/mol. The molecule has 0 amide bonds. The summed E-state index contributed by atoms with van der Waals surface area (Å²) in [5.74, 6) is 3.35. The molecule has 0 spiro atoms. The van der Waals surface area contributed by atoms with Crippen molar-refractivity contribution in [3.8, 4) is 0 Å². The number of hydrogen-bond acceptors (Lipinski definition) is 8. The molecule has 2 saturated heterocycles. The van der Waals surface area contributed by atoms with Gasteiger partial charge in [0, 0.05) is 52.5 Å². The summed E-state index contributed by atoms with van der Waals surface area (Å²) in [7, 11) is 3.97. The molecule has 1 aromatic carbocycles. The Bertz CT molecular complexity index is 1130. The van der Waals surface area contributed by atoms with Gasteiger partial charge in [-0.1, -0.05) is 12.1 Å². The van der Waals surface area contributed by atoms with Crippen molar-refractivity contribution in [1.82, 2.24) is 19.9 Å². The van der Waals surface area contributed by atoms with E-state index in [1.54, 1.807) is 0 Å². The van der Waals surface area contributed by atoms with Gasteiger partial charge in [-0.3, -0.25) is 0 Å². The lowest BCUT2D eigenvalue weighted by Gasteiger charge is -2.24. The lowest BCUT2D eigenvalue weighted by atomic mass is 10.1. The molecule has 1 N–H and O–H groups in total. The third-order valence-electron chi connectivity index (χ3n) is 6.13. The van der Waals surface area contributed by atoms with Crippen molar-refractivity contribution < 1.29 is 4.74 Å². The summed E-state index contributed by atoms with van der Waals surface area (Å²) < 4.78 is 5.51. The van der Waals surface area contributed by atoms with Gasteiger partial charge >= 0.3 is 0 Å². The van der Waals surface area contributed by atoms with Gasteiger partial charge in [0.15, 0.2) is 11.6 Å². The number of hydrogen-bond donors (Lipinski definition) is 1. The van der Waals surface area contributed by atoms with E-state index in [0.717, 1.165) is 73.3 Å². The minimum Gasteiger partial charge on any atom is -0.381 e. The molecule has 0 saturated carbocycles. The van der Waals surface area contributed by atoms with E-state index in [-0.39, 0.29) is 0 Å². The molecule has 8 nitrogen and oxygen atoms in total. The molecule has 172 valence electrons. The highest BCUT2D eigenvalue weighted by Gasteiger charge is 2.18. The van der Waals surface area contributed by atoms with Crippen LogP contribution < -0.4 is 15.1 Å². The molecular weight excluding hydrogens is 414 g/mol. The molecule has 0 radical (unpaired) electrons. The minimum atomic E-state index is 0.378. The Balaban J connectivity index is 1.48. The van der Waals surface area contributed by atoms with Crippen LogP contribution in [0.2, 0.25) is 0 Å². The first-order chi connectivity index (χ1) is 16.2. The van der Waals surface area contributed by atoms with Gasteiger partial charge in [0.05, 0.1) is 11.0 Å². The summed E-state index contributed by atoms with van der Waals surface area (Å²) in [5, 5.41) is 3.61. The van der Waals surface area contributed by atoms with Crippen molar-refractivity contribution in [3.63, 3.8) is 0 Å². The summed E-state index contributed by atoms with van der Waals surface area (Å²) in [5.41, 5.74) is 2.55. The molecule has 2 aliphatic rings. The van der Waals surface area contributed by atoms with E-state index in [0.29, 0.717) is 11.9 Å². The second-order valence-electron chi connectivity index (χ2n) is 8.84. The summed E-state index contributed by atoms with van der Waals surface area (Å²) in [6.07, 6.45) is 8.31. The Labute approximate surface area is 194 Å². The maximum atomic E-state index is 5.51. The monoisotopic (exact) mass is 445 g/mol. The van der Waals surface area contributed by atoms with E-state index in [2.05, 4.69) is 16.3 Å². The Morgan fingerprint density at radius 3 is 2.42 bits per heavy atom. The van der Waals surface area contributed by atoms with Crippen molar-refractivity contribution in [2.75, 3.05) is 55.5 Å². The van der Waals surface area contributed by atoms with Gasteiger partial charge in [-0.15, -0.1) is 0 Å². The van der Waals surface area contributed by atoms with Crippen LogP contribution >= 0.6 is 0 Å². The largest absolute Gasteiger partial charge is 0.381 e. The summed E-state index contributed by atoms with van der Waals surface area (Å²) >= 11 is 0. The Kier molecular flexibility index (Phi) is 6.35. The van der Waals surface area contributed by atoms with E-state index < -0.39 is 0 Å². The number of rotatable bonds is 6. The smallest absolute Gasteiger partial charge is 0.156 e. The Morgan fingerprint density at radius 2 is 1.70 bits per heavy atom. The van der Waals surface area contributed by atoms with E-state index in [4.69, 9.17) is 24.7 Å². The van der Waals surface area contributed by atoms with Gasteiger partial charge in [0.1, 0.15) is 17.3 Å². The fraction of sp³-hybridized carbons (Fsp3) is 0.440. The first-order valence-corrected chi connectivity index (χ1v) is 11.8. The summed E-state index contributed by atoms with van der Waals surface area (Å²) in [6.45, 7) is 3.67. The van der Waals surface area contributed by atoms with E-state index in [9.17, 15) is 0 Å². The molecule has 0 unspecified atom stereocenters. The highest BCUT2D eigenvalue weighted by Crippen LogP contribution is 2.24. The van der Waals surface area contributed by atoms with Crippen LogP contribution in [0.4, 0.5) is 17.5 Å². The average Bonchev–Trinajstić information content (AvgIpc) is 3.38. The molecule has 33 heavy (non-hydrogen) atoms. The number of aromatic nitrogens is 4. The number of para-hydroxylation sites is 2. The predicted octanol–water partition coefficient (Wildman–Crippen LogP) is 3.85. The van der Waals surface area contributed by atoms with Crippen LogP contribution in [0.3, 0.4) is 0 Å². The van der Waals surface area contributed by atoms with Crippen LogP contribution in [0, 0.1) is 0 Å². The number of ether oxygens (including phenoxy) is 1. The topological polar surface area (TPSA) is 79.3 Å². The van der Waals surface area contributed by atoms with Gasteiger partial charge < -0.3 is 19.9 Å². The standard InChI is InChI=1S/C25H31N7O/c1-31(2)25-21(27-19-7-3-4-8-20(19)28-25)9-10-22-29-23(26-18-11-15-33-16-12-18)17-24(30-22)32-13-5-6-14-32/h3-4,7-10,17-18H,5-6,11-16H2,1-2H3,(H,26,29,30). The minimum absolute atomic E-state index is 0.378. The van der Waals surface area contributed by atoms with Crippen LogP contribution in [0.1, 0.15) is 37.2 Å². The maximum Gasteiger partial charge on any atom is 0.156 e. The van der Waals surface area contributed by atoms with Crippen molar-refractivity contribution in [2.45, 2.75) is 31.7 Å². The second kappa shape index (κ2) is 9.70. The highest BCUT2D eigenvalue weighted by molar-refractivity contribution is 5.81. The van der Waals surface area contributed by atoms with Gasteiger partial charge in [0.25, 0.3) is 0 Å². The second-order valence-corrected chi connectivity index (χ2v) is 8.84. The SMILES string of the molecule is CN(C)c1nc2ccccc2nc1C=Cc1nc(NC2CCOCC2)cc(N2CCCC2)n1.